The second-order valence-corrected chi connectivity index (χ2v) is 14.6. The van der Waals surface area contributed by atoms with Gasteiger partial charge in [-0.25, -0.2) is 9.59 Å². The number of carbonyl (C=O) groups is 4. The van der Waals surface area contributed by atoms with Crippen LogP contribution < -0.4 is 0 Å². The maximum absolute atomic E-state index is 14.4. The van der Waals surface area contributed by atoms with Gasteiger partial charge in [-0.3, -0.25) is 9.59 Å². The zero-order chi connectivity index (χ0) is 48.6. The van der Waals surface area contributed by atoms with Crippen molar-refractivity contribution < 1.29 is 126 Å². The molecular weight excluding hydrogens is 972 g/mol. The topological polar surface area (TPSA) is 105 Å². The van der Waals surface area contributed by atoms with Crippen LogP contribution in [0.2, 0.25) is 0 Å². The molecule has 0 aliphatic carbocycles. The van der Waals surface area contributed by atoms with E-state index in [0.717, 1.165) is 27.7 Å². The van der Waals surface area contributed by atoms with E-state index < -0.39 is 125 Å². The van der Waals surface area contributed by atoms with Crippen molar-refractivity contribution in [1.29, 1.82) is 0 Å². The van der Waals surface area contributed by atoms with Crippen molar-refractivity contribution in [3.8, 4) is 0 Å². The number of benzene rings is 1. The number of hydrogen-bond donors (Lipinski definition) is 0. The van der Waals surface area contributed by atoms with Crippen LogP contribution in [0.15, 0.2) is 30.3 Å². The molecule has 3 atom stereocenters. The molecule has 0 bridgehead atoms. The highest BCUT2D eigenvalue weighted by Crippen LogP contribution is 2.66. The Balaban J connectivity index is 3.44. The van der Waals surface area contributed by atoms with E-state index in [1.54, 1.807) is 0 Å². The number of rotatable bonds is 21. The summed E-state index contributed by atoms with van der Waals surface area (Å²) < 4.78 is 302. The fourth-order valence-corrected chi connectivity index (χ4v) is 5.50. The molecule has 8 nitrogen and oxygen atoms in total. The second-order valence-electron chi connectivity index (χ2n) is 13.5. The van der Waals surface area contributed by atoms with Gasteiger partial charge in [0, 0.05) is 11.8 Å². The highest BCUT2D eigenvalue weighted by Gasteiger charge is 2.97. The third-order valence-corrected chi connectivity index (χ3v) is 9.01. The molecule has 1 aromatic rings. The molecule has 0 fully saturated rings. The molecule has 0 N–H and O–H groups in total. The van der Waals surface area contributed by atoms with Crippen LogP contribution in [0.3, 0.4) is 0 Å². The van der Waals surface area contributed by atoms with Crippen LogP contribution in [0.25, 0.3) is 0 Å². The molecule has 0 saturated carbocycles. The van der Waals surface area contributed by atoms with Gasteiger partial charge in [-0.1, -0.05) is 46.3 Å². The molecule has 29 heteroatoms. The first-order chi connectivity index (χ1) is 26.9. The van der Waals surface area contributed by atoms with Crippen molar-refractivity contribution in [2.45, 2.75) is 117 Å². The molecule has 0 spiro atoms. The minimum atomic E-state index is -9.32. The Morgan fingerprint density at radius 1 is 0.525 bits per heavy atom. The quantitative estimate of drug-likeness (QED) is 0.0519. The first-order valence-corrected chi connectivity index (χ1v) is 17.0. The lowest BCUT2D eigenvalue weighted by Crippen LogP contribution is -2.77. The first kappa shape index (κ1) is 55.2. The third kappa shape index (κ3) is 10.0. The van der Waals surface area contributed by atoms with Crippen molar-refractivity contribution in [3.63, 3.8) is 0 Å². The van der Waals surface area contributed by atoms with Crippen molar-refractivity contribution in [3.05, 3.63) is 35.9 Å². The normalized spacial score (nSPS) is 16.0. The van der Waals surface area contributed by atoms with Crippen LogP contribution in [-0.4, -0.2) is 109 Å². The molecule has 61 heavy (non-hydrogen) atoms. The Kier molecular flexibility index (Phi) is 16.1. The van der Waals surface area contributed by atoms with Crippen LogP contribution in [0.4, 0.5) is 87.8 Å². The minimum absolute atomic E-state index is 0.345. The SMILES string of the molecule is CC(=O)OC(C)C(=O)OC(C)C(=O)OCC(F)(F)C(F)(F)C(F)(F)C(F)(F)C(F)(F)C(F)(F)C(F)(F)C(F)(F)C(F)(F)C(F)(F)COC(=O)C(C)(C)CC(Br)c1ccccc1. The van der Waals surface area contributed by atoms with Crippen LogP contribution >= 0.6 is 15.9 Å². The van der Waals surface area contributed by atoms with Gasteiger partial charge < -0.3 is 18.9 Å². The predicted molar refractivity (Wildman–Crippen MR) is 165 cm³/mol. The first-order valence-electron chi connectivity index (χ1n) is 16.1. The average Bonchev–Trinajstić information content (AvgIpc) is 3.11. The van der Waals surface area contributed by atoms with Gasteiger partial charge in [0.1, 0.15) is 0 Å². The van der Waals surface area contributed by atoms with E-state index >= 15 is 0 Å². The number of ether oxygens (including phenoxy) is 4. The Morgan fingerprint density at radius 3 is 1.21 bits per heavy atom. The molecule has 0 aliphatic rings. The smallest absolute Gasteiger partial charge is 0.385 e. The van der Waals surface area contributed by atoms with Crippen LogP contribution in [0.1, 0.15) is 51.4 Å². The molecule has 0 saturated heterocycles. The van der Waals surface area contributed by atoms with E-state index in [4.69, 9.17) is 0 Å². The lowest BCUT2D eigenvalue weighted by molar-refractivity contribution is -0.469. The van der Waals surface area contributed by atoms with Crippen molar-refractivity contribution in [2.75, 3.05) is 13.2 Å². The maximum Gasteiger partial charge on any atom is 0.385 e. The lowest BCUT2D eigenvalue weighted by atomic mass is 9.85. The summed E-state index contributed by atoms with van der Waals surface area (Å²) in [6.07, 6.45) is -4.96. The summed E-state index contributed by atoms with van der Waals surface area (Å²) in [5.74, 6) is -93.0. The van der Waals surface area contributed by atoms with E-state index in [2.05, 4.69) is 34.9 Å². The number of hydrogen-bond acceptors (Lipinski definition) is 8. The molecule has 3 unspecified atom stereocenters. The predicted octanol–water partition coefficient (Wildman–Crippen LogP) is 9.86. The highest BCUT2D eigenvalue weighted by molar-refractivity contribution is 9.09. The fraction of sp³-hybridized carbons (Fsp3) is 0.688. The molecule has 1 aromatic carbocycles. The second kappa shape index (κ2) is 17.7. The summed E-state index contributed by atoms with van der Waals surface area (Å²) in [7, 11) is 0. The Morgan fingerprint density at radius 2 is 0.852 bits per heavy atom. The van der Waals surface area contributed by atoms with Gasteiger partial charge in [0.05, 0.1) is 5.41 Å². The third-order valence-electron chi connectivity index (χ3n) is 8.16. The highest BCUT2D eigenvalue weighted by atomic mass is 79.9. The molecule has 0 aromatic heterocycles. The summed E-state index contributed by atoms with van der Waals surface area (Å²) in [6.45, 7) is -3.62. The van der Waals surface area contributed by atoms with Crippen molar-refractivity contribution >= 4 is 39.8 Å². The summed E-state index contributed by atoms with van der Waals surface area (Å²) in [5.41, 5.74) is -1.71. The summed E-state index contributed by atoms with van der Waals surface area (Å²) in [4.78, 5) is 45.8. The summed E-state index contributed by atoms with van der Waals surface area (Å²) >= 11 is 3.06. The number of halogens is 21. The number of alkyl halides is 21. The number of esters is 4. The molecule has 0 aliphatic heterocycles. The Bertz CT molecular complexity index is 1740. The Hall–Kier alpha value is -3.82. The van der Waals surface area contributed by atoms with Gasteiger partial charge in [0.2, 0.25) is 0 Å². The van der Waals surface area contributed by atoms with Gasteiger partial charge in [0.15, 0.2) is 25.4 Å². The summed E-state index contributed by atoms with van der Waals surface area (Å²) in [6, 6.07) is 7.29. The van der Waals surface area contributed by atoms with Crippen molar-refractivity contribution in [2.24, 2.45) is 5.41 Å². The van der Waals surface area contributed by atoms with E-state index in [0.29, 0.717) is 12.5 Å². The van der Waals surface area contributed by atoms with E-state index in [9.17, 15) is 107 Å². The molecular formula is C32H29BrF20O8. The minimum Gasteiger partial charge on any atom is -0.459 e. The van der Waals surface area contributed by atoms with Crippen molar-refractivity contribution in [1.82, 2.24) is 0 Å². The molecule has 1 rings (SSSR count). The van der Waals surface area contributed by atoms with Gasteiger partial charge in [-0.15, -0.1) is 0 Å². The molecule has 0 heterocycles. The van der Waals surface area contributed by atoms with Crippen LogP contribution in [-0.2, 0) is 38.1 Å². The van der Waals surface area contributed by atoms with Gasteiger partial charge in [0.25, 0.3) is 0 Å². The zero-order valence-corrected chi connectivity index (χ0v) is 32.5. The lowest BCUT2D eigenvalue weighted by Gasteiger charge is -2.45. The Labute approximate surface area is 337 Å². The van der Waals surface area contributed by atoms with Gasteiger partial charge in [-0.05, 0) is 39.7 Å². The molecule has 352 valence electrons. The van der Waals surface area contributed by atoms with Gasteiger partial charge in [-0.2, -0.15) is 87.8 Å². The zero-order valence-electron chi connectivity index (χ0n) is 30.9. The standard InChI is InChI=1S/C32H29BrF20O8/c1-14(61-20(56)15(2)60-16(3)54)19(55)58-12-23(34,35)25(38,39)27(42,43)29(46,47)31(50,51)32(52,53)30(48,49)28(44,45)26(40,41)24(36,37)13-59-21(57)22(4,5)11-18(33)17-9-7-6-8-10-17/h6-10,14-15,18H,11-13H2,1-5H3. The fourth-order valence-electron chi connectivity index (χ4n) is 4.38. The van der Waals surface area contributed by atoms with Gasteiger partial charge >= 0.3 is 83.1 Å². The van der Waals surface area contributed by atoms with Crippen LogP contribution in [0.5, 0.6) is 0 Å². The number of carbonyl (C=O) groups excluding carboxylic acids is 4. The summed E-state index contributed by atoms with van der Waals surface area (Å²) in [5, 5.41) is 0. The van der Waals surface area contributed by atoms with E-state index in [1.165, 1.54) is 30.3 Å². The molecule has 0 amide bonds. The maximum atomic E-state index is 14.4. The molecule has 0 radical (unpaired) electrons. The monoisotopic (exact) mass is 1000 g/mol. The van der Waals surface area contributed by atoms with E-state index in [1.807, 2.05) is 0 Å². The van der Waals surface area contributed by atoms with Crippen LogP contribution in [0, 0.1) is 5.41 Å². The van der Waals surface area contributed by atoms with E-state index in [-0.39, 0.29) is 0 Å². The largest absolute Gasteiger partial charge is 0.459 e. The average molecular weight is 1000 g/mol.